The summed E-state index contributed by atoms with van der Waals surface area (Å²) in [6.45, 7) is 0. The van der Waals surface area contributed by atoms with Gasteiger partial charge in [-0.15, -0.1) is 0 Å². The van der Waals surface area contributed by atoms with Crippen LogP contribution >= 0.6 is 12.2 Å². The first-order chi connectivity index (χ1) is 9.84. The Labute approximate surface area is 126 Å². The van der Waals surface area contributed by atoms with Gasteiger partial charge in [-0.1, -0.05) is 6.07 Å². The summed E-state index contributed by atoms with van der Waals surface area (Å²) in [5.74, 6) is 0. The molecule has 21 heavy (non-hydrogen) atoms. The van der Waals surface area contributed by atoms with Crippen LogP contribution < -0.4 is 10.6 Å². The van der Waals surface area contributed by atoms with Crippen molar-refractivity contribution >= 4 is 23.0 Å². The highest BCUT2D eigenvalue weighted by Crippen LogP contribution is 2.30. The van der Waals surface area contributed by atoms with Crippen LogP contribution in [0.3, 0.4) is 0 Å². The molecule has 3 nitrogen and oxygen atoms in total. The number of aliphatic hydroxyl groups excluding tert-OH is 1. The molecule has 116 valence electrons. The number of hydrogen-bond donors (Lipinski definition) is 3. The number of nitrogens with one attached hydrogen (secondary N) is 2. The van der Waals surface area contributed by atoms with Crippen molar-refractivity contribution in [2.45, 2.75) is 44.0 Å². The van der Waals surface area contributed by atoms with Crippen molar-refractivity contribution in [1.82, 2.24) is 5.32 Å². The van der Waals surface area contributed by atoms with Crippen molar-refractivity contribution in [1.29, 1.82) is 0 Å². The summed E-state index contributed by atoms with van der Waals surface area (Å²) in [5.41, 5.74) is -0.408. The van der Waals surface area contributed by atoms with Crippen molar-refractivity contribution < 1.29 is 18.3 Å². The van der Waals surface area contributed by atoms with Crippen LogP contribution in [0.1, 0.15) is 31.2 Å². The highest BCUT2D eigenvalue weighted by Gasteiger charge is 2.30. The number of halogens is 3. The number of benzene rings is 1. The van der Waals surface area contributed by atoms with Gasteiger partial charge >= 0.3 is 6.18 Å². The summed E-state index contributed by atoms with van der Waals surface area (Å²) in [6, 6.07) is 5.07. The van der Waals surface area contributed by atoms with Gasteiger partial charge in [0.15, 0.2) is 5.11 Å². The smallest absolute Gasteiger partial charge is 0.393 e. The SMILES string of the molecule is OC1CCC(NC(=S)Nc2cccc(C(F)(F)F)c2)CC1. The summed E-state index contributed by atoms with van der Waals surface area (Å²) < 4.78 is 37.8. The number of thiocarbonyl (C=S) groups is 1. The molecule has 2 rings (SSSR count). The fourth-order valence-electron chi connectivity index (χ4n) is 2.35. The minimum absolute atomic E-state index is 0.152. The lowest BCUT2D eigenvalue weighted by molar-refractivity contribution is -0.137. The quantitative estimate of drug-likeness (QED) is 0.732. The van der Waals surface area contributed by atoms with Crippen LogP contribution in [0.5, 0.6) is 0 Å². The molecule has 7 heteroatoms. The van der Waals surface area contributed by atoms with E-state index < -0.39 is 11.7 Å². The first kappa shape index (κ1) is 16.0. The summed E-state index contributed by atoms with van der Waals surface area (Å²) in [6.07, 6.45) is -1.61. The Morgan fingerprint density at radius 3 is 2.48 bits per heavy atom. The van der Waals surface area contributed by atoms with Crippen LogP contribution in [0.15, 0.2) is 24.3 Å². The lowest BCUT2D eigenvalue weighted by atomic mass is 9.93. The Morgan fingerprint density at radius 1 is 1.19 bits per heavy atom. The van der Waals surface area contributed by atoms with Crippen molar-refractivity contribution in [3.05, 3.63) is 29.8 Å². The van der Waals surface area contributed by atoms with E-state index in [0.29, 0.717) is 23.6 Å². The zero-order valence-corrected chi connectivity index (χ0v) is 12.1. The summed E-state index contributed by atoms with van der Waals surface area (Å²) >= 11 is 5.12. The van der Waals surface area contributed by atoms with Crippen molar-refractivity contribution in [3.63, 3.8) is 0 Å². The third-order valence-corrected chi connectivity index (χ3v) is 3.70. The Hall–Kier alpha value is -1.34. The maximum absolute atomic E-state index is 12.6. The van der Waals surface area contributed by atoms with E-state index in [1.165, 1.54) is 12.1 Å². The maximum Gasteiger partial charge on any atom is 0.416 e. The predicted molar refractivity (Wildman–Crippen MR) is 79.1 cm³/mol. The molecule has 3 N–H and O–H groups in total. The van der Waals surface area contributed by atoms with E-state index in [1.54, 1.807) is 0 Å². The second-order valence-corrected chi connectivity index (χ2v) is 5.59. The number of alkyl halides is 3. The number of anilines is 1. The normalized spacial score (nSPS) is 22.7. The van der Waals surface area contributed by atoms with Crippen molar-refractivity contribution in [2.24, 2.45) is 0 Å². The topological polar surface area (TPSA) is 44.3 Å². The third kappa shape index (κ3) is 4.86. The number of aliphatic hydroxyl groups is 1. The monoisotopic (exact) mass is 318 g/mol. The molecule has 0 spiro atoms. The minimum Gasteiger partial charge on any atom is -0.393 e. The molecule has 0 radical (unpaired) electrons. The summed E-state index contributed by atoms with van der Waals surface area (Å²) in [7, 11) is 0. The van der Waals surface area contributed by atoms with Gasteiger partial charge in [-0.05, 0) is 56.1 Å². The molecule has 0 heterocycles. The van der Waals surface area contributed by atoms with E-state index in [-0.39, 0.29) is 12.1 Å². The summed E-state index contributed by atoms with van der Waals surface area (Å²) in [4.78, 5) is 0. The highest BCUT2D eigenvalue weighted by molar-refractivity contribution is 7.80. The van der Waals surface area contributed by atoms with E-state index in [2.05, 4.69) is 10.6 Å². The highest BCUT2D eigenvalue weighted by atomic mass is 32.1. The zero-order chi connectivity index (χ0) is 15.5. The zero-order valence-electron chi connectivity index (χ0n) is 11.3. The van der Waals surface area contributed by atoms with Crippen LogP contribution in [0, 0.1) is 0 Å². The molecule has 0 amide bonds. The molecule has 1 aliphatic rings. The number of rotatable bonds is 2. The van der Waals surface area contributed by atoms with Gasteiger partial charge in [0.25, 0.3) is 0 Å². The molecule has 0 aromatic heterocycles. The molecule has 1 aromatic carbocycles. The van der Waals surface area contributed by atoms with Crippen LogP contribution in [-0.2, 0) is 6.18 Å². The molecule has 1 aromatic rings. The van der Waals surface area contributed by atoms with Gasteiger partial charge in [0, 0.05) is 11.7 Å². The lowest BCUT2D eigenvalue weighted by Crippen LogP contribution is -2.40. The molecule has 0 saturated heterocycles. The van der Waals surface area contributed by atoms with Crippen LogP contribution in [-0.4, -0.2) is 22.4 Å². The van der Waals surface area contributed by atoms with E-state index >= 15 is 0 Å². The maximum atomic E-state index is 12.6. The molecule has 0 aliphatic heterocycles. The van der Waals surface area contributed by atoms with E-state index in [0.717, 1.165) is 25.0 Å². The van der Waals surface area contributed by atoms with Crippen molar-refractivity contribution in [2.75, 3.05) is 5.32 Å². The van der Waals surface area contributed by atoms with E-state index in [4.69, 9.17) is 12.2 Å². The fourth-order valence-corrected chi connectivity index (χ4v) is 2.63. The van der Waals surface area contributed by atoms with Gasteiger partial charge in [0.05, 0.1) is 11.7 Å². The Balaban J connectivity index is 1.91. The first-order valence-corrected chi connectivity index (χ1v) is 7.18. The van der Waals surface area contributed by atoms with Crippen LogP contribution in [0.2, 0.25) is 0 Å². The van der Waals surface area contributed by atoms with E-state index in [9.17, 15) is 18.3 Å². The Bertz CT molecular complexity index is 499. The third-order valence-electron chi connectivity index (χ3n) is 3.48. The van der Waals surface area contributed by atoms with E-state index in [1.807, 2.05) is 0 Å². The minimum atomic E-state index is -4.37. The van der Waals surface area contributed by atoms with Gasteiger partial charge < -0.3 is 15.7 Å². The molecular weight excluding hydrogens is 301 g/mol. The van der Waals surface area contributed by atoms with Gasteiger partial charge in [0.1, 0.15) is 0 Å². The second-order valence-electron chi connectivity index (χ2n) is 5.18. The average molecular weight is 318 g/mol. The average Bonchev–Trinajstić information content (AvgIpc) is 2.41. The van der Waals surface area contributed by atoms with Gasteiger partial charge in [-0.25, -0.2) is 0 Å². The van der Waals surface area contributed by atoms with Crippen LogP contribution in [0.25, 0.3) is 0 Å². The largest absolute Gasteiger partial charge is 0.416 e. The standard InChI is InChI=1S/C14H17F3N2OS/c15-14(16,17)9-2-1-3-11(8-9)19-13(21)18-10-4-6-12(20)7-5-10/h1-3,8,10,12,20H,4-7H2,(H2,18,19,21). The summed E-state index contributed by atoms with van der Waals surface area (Å²) in [5, 5.41) is 15.6. The van der Waals surface area contributed by atoms with Crippen molar-refractivity contribution in [3.8, 4) is 0 Å². The fraction of sp³-hybridized carbons (Fsp3) is 0.500. The Kier molecular flexibility index (Phi) is 5.05. The molecule has 0 unspecified atom stereocenters. The molecule has 1 saturated carbocycles. The van der Waals surface area contributed by atoms with Gasteiger partial charge in [-0.2, -0.15) is 13.2 Å². The molecule has 1 aliphatic carbocycles. The predicted octanol–water partition coefficient (Wildman–Crippen LogP) is 3.30. The molecular formula is C14H17F3N2OS. The van der Waals surface area contributed by atoms with Crippen LogP contribution in [0.4, 0.5) is 18.9 Å². The van der Waals surface area contributed by atoms with Gasteiger partial charge in [0.2, 0.25) is 0 Å². The molecule has 0 bridgehead atoms. The second kappa shape index (κ2) is 6.62. The first-order valence-electron chi connectivity index (χ1n) is 6.77. The molecule has 1 fully saturated rings. The van der Waals surface area contributed by atoms with Gasteiger partial charge in [-0.3, -0.25) is 0 Å². The Morgan fingerprint density at radius 2 is 1.86 bits per heavy atom. The lowest BCUT2D eigenvalue weighted by Gasteiger charge is -2.27. The number of hydrogen-bond acceptors (Lipinski definition) is 2. The molecule has 0 atom stereocenters.